The number of ether oxygens (including phenoxy) is 1. The number of hydrogen-bond acceptors (Lipinski definition) is 3. The number of anilines is 1. The molecule has 19 heavy (non-hydrogen) atoms. The molecule has 0 fully saturated rings. The van der Waals surface area contributed by atoms with E-state index in [-0.39, 0.29) is 5.91 Å². The van der Waals surface area contributed by atoms with Gasteiger partial charge in [0.05, 0.1) is 0 Å². The zero-order valence-corrected chi connectivity index (χ0v) is 11.0. The van der Waals surface area contributed by atoms with Gasteiger partial charge in [-0.1, -0.05) is 18.2 Å². The minimum absolute atomic E-state index is 0.222. The Labute approximate surface area is 112 Å². The summed E-state index contributed by atoms with van der Waals surface area (Å²) in [5, 5.41) is 2.70. The smallest absolute Gasteiger partial charge is 0.266 e. The molecule has 0 saturated heterocycles. The van der Waals surface area contributed by atoms with Crippen LogP contribution in [-0.2, 0) is 4.79 Å². The van der Waals surface area contributed by atoms with Crippen LogP contribution in [-0.4, -0.2) is 17.0 Å². The fourth-order valence-corrected chi connectivity index (χ4v) is 1.61. The van der Waals surface area contributed by atoms with E-state index in [1.807, 2.05) is 37.3 Å². The number of hydrogen-bond donors (Lipinski definition) is 1. The van der Waals surface area contributed by atoms with Crippen LogP contribution in [0.15, 0.2) is 48.7 Å². The van der Waals surface area contributed by atoms with Crippen LogP contribution in [0.3, 0.4) is 0 Å². The third-order valence-electron chi connectivity index (χ3n) is 2.59. The molecule has 98 valence electrons. The van der Waals surface area contributed by atoms with Crippen molar-refractivity contribution >= 4 is 11.7 Å². The largest absolute Gasteiger partial charge is 0.481 e. The van der Waals surface area contributed by atoms with Crippen LogP contribution in [0, 0.1) is 6.92 Å². The standard InChI is InChI=1S/C15H16N2O2/c1-11-6-5-7-13(10-11)19-12(2)15(18)17-14-8-3-4-9-16-14/h3-10,12H,1-2H3,(H,16,17,18). The predicted octanol–water partition coefficient (Wildman–Crippen LogP) is 2.80. The van der Waals surface area contributed by atoms with Gasteiger partial charge in [0.25, 0.3) is 5.91 Å². The predicted molar refractivity (Wildman–Crippen MR) is 74.1 cm³/mol. The van der Waals surface area contributed by atoms with E-state index >= 15 is 0 Å². The Balaban J connectivity index is 1.96. The van der Waals surface area contributed by atoms with E-state index in [9.17, 15) is 4.79 Å². The van der Waals surface area contributed by atoms with Crippen molar-refractivity contribution in [2.24, 2.45) is 0 Å². The van der Waals surface area contributed by atoms with E-state index in [4.69, 9.17) is 4.74 Å². The maximum atomic E-state index is 11.9. The van der Waals surface area contributed by atoms with E-state index in [0.717, 1.165) is 5.56 Å². The molecule has 0 aliphatic carbocycles. The van der Waals surface area contributed by atoms with Gasteiger partial charge in [-0.3, -0.25) is 4.79 Å². The van der Waals surface area contributed by atoms with Gasteiger partial charge in [-0.15, -0.1) is 0 Å². The normalized spacial score (nSPS) is 11.7. The molecule has 0 saturated carbocycles. The highest BCUT2D eigenvalue weighted by atomic mass is 16.5. The number of pyridine rings is 1. The van der Waals surface area contributed by atoms with Crippen molar-refractivity contribution in [2.75, 3.05) is 5.32 Å². The molecule has 0 aliphatic rings. The van der Waals surface area contributed by atoms with Crippen LogP contribution in [0.2, 0.25) is 0 Å². The lowest BCUT2D eigenvalue weighted by atomic mass is 10.2. The van der Waals surface area contributed by atoms with Crippen LogP contribution in [0.5, 0.6) is 5.75 Å². The molecule has 2 rings (SSSR count). The lowest BCUT2D eigenvalue weighted by molar-refractivity contribution is -0.122. The van der Waals surface area contributed by atoms with Crippen LogP contribution in [0.4, 0.5) is 5.82 Å². The van der Waals surface area contributed by atoms with Crippen LogP contribution >= 0.6 is 0 Å². The molecule has 4 nitrogen and oxygen atoms in total. The second-order valence-corrected chi connectivity index (χ2v) is 4.28. The Kier molecular flexibility index (Phi) is 4.13. The molecule has 2 aromatic rings. The van der Waals surface area contributed by atoms with Crippen molar-refractivity contribution < 1.29 is 9.53 Å². The van der Waals surface area contributed by atoms with Gasteiger partial charge in [0, 0.05) is 6.20 Å². The highest BCUT2D eigenvalue weighted by Gasteiger charge is 2.15. The lowest BCUT2D eigenvalue weighted by Gasteiger charge is -2.14. The second-order valence-electron chi connectivity index (χ2n) is 4.28. The van der Waals surface area contributed by atoms with Gasteiger partial charge in [0.15, 0.2) is 6.10 Å². The van der Waals surface area contributed by atoms with Crippen LogP contribution in [0.1, 0.15) is 12.5 Å². The summed E-state index contributed by atoms with van der Waals surface area (Å²) < 4.78 is 5.59. The summed E-state index contributed by atoms with van der Waals surface area (Å²) in [5.74, 6) is 0.982. The fraction of sp³-hybridized carbons (Fsp3) is 0.200. The Morgan fingerprint density at radius 3 is 2.79 bits per heavy atom. The first-order valence-electron chi connectivity index (χ1n) is 6.10. The Morgan fingerprint density at radius 1 is 1.26 bits per heavy atom. The van der Waals surface area contributed by atoms with Crippen molar-refractivity contribution in [3.63, 3.8) is 0 Å². The number of nitrogens with one attached hydrogen (secondary N) is 1. The van der Waals surface area contributed by atoms with Crippen molar-refractivity contribution in [3.05, 3.63) is 54.2 Å². The topological polar surface area (TPSA) is 51.2 Å². The molecule has 0 spiro atoms. The first-order valence-corrected chi connectivity index (χ1v) is 6.10. The summed E-state index contributed by atoms with van der Waals surface area (Å²) in [4.78, 5) is 16.0. The lowest BCUT2D eigenvalue weighted by Crippen LogP contribution is -2.30. The molecule has 1 unspecified atom stereocenters. The number of aromatic nitrogens is 1. The molecular weight excluding hydrogens is 240 g/mol. The molecule has 0 radical (unpaired) electrons. The van der Waals surface area contributed by atoms with E-state index in [1.54, 1.807) is 25.3 Å². The van der Waals surface area contributed by atoms with Gasteiger partial charge in [-0.05, 0) is 43.7 Å². The average Bonchev–Trinajstić information content (AvgIpc) is 2.40. The highest BCUT2D eigenvalue weighted by Crippen LogP contribution is 2.14. The number of rotatable bonds is 4. The first kappa shape index (κ1) is 13.1. The molecular formula is C15H16N2O2. The van der Waals surface area contributed by atoms with Gasteiger partial charge in [-0.2, -0.15) is 0 Å². The summed E-state index contributed by atoms with van der Waals surface area (Å²) in [6.45, 7) is 3.69. The number of nitrogens with zero attached hydrogens (tertiary/aromatic N) is 1. The fourth-order valence-electron chi connectivity index (χ4n) is 1.61. The van der Waals surface area contributed by atoms with Crippen molar-refractivity contribution in [2.45, 2.75) is 20.0 Å². The summed E-state index contributed by atoms with van der Waals surface area (Å²) in [7, 11) is 0. The number of aryl methyl sites for hydroxylation is 1. The third-order valence-corrected chi connectivity index (χ3v) is 2.59. The van der Waals surface area contributed by atoms with Crippen LogP contribution < -0.4 is 10.1 Å². The molecule has 1 aromatic heterocycles. The third kappa shape index (κ3) is 3.81. The molecule has 1 heterocycles. The summed E-state index contributed by atoms with van der Waals surface area (Å²) in [5.41, 5.74) is 1.09. The zero-order valence-electron chi connectivity index (χ0n) is 11.0. The van der Waals surface area contributed by atoms with E-state index in [2.05, 4.69) is 10.3 Å². The molecule has 1 aromatic carbocycles. The quantitative estimate of drug-likeness (QED) is 0.915. The highest BCUT2D eigenvalue weighted by molar-refractivity contribution is 5.93. The van der Waals surface area contributed by atoms with Crippen molar-refractivity contribution in [1.29, 1.82) is 0 Å². The van der Waals surface area contributed by atoms with E-state index in [0.29, 0.717) is 11.6 Å². The van der Waals surface area contributed by atoms with Crippen molar-refractivity contribution in [1.82, 2.24) is 4.98 Å². The van der Waals surface area contributed by atoms with E-state index < -0.39 is 6.10 Å². The van der Waals surface area contributed by atoms with Gasteiger partial charge in [0.1, 0.15) is 11.6 Å². The monoisotopic (exact) mass is 256 g/mol. The van der Waals surface area contributed by atoms with Gasteiger partial charge in [-0.25, -0.2) is 4.98 Å². The van der Waals surface area contributed by atoms with Crippen LogP contribution in [0.25, 0.3) is 0 Å². The Bertz CT molecular complexity index is 555. The SMILES string of the molecule is Cc1cccc(OC(C)C(=O)Nc2ccccn2)c1. The zero-order chi connectivity index (χ0) is 13.7. The Hall–Kier alpha value is -2.36. The van der Waals surface area contributed by atoms with E-state index in [1.165, 1.54) is 0 Å². The minimum atomic E-state index is -0.580. The molecule has 1 N–H and O–H groups in total. The van der Waals surface area contributed by atoms with Crippen molar-refractivity contribution in [3.8, 4) is 5.75 Å². The molecule has 1 atom stereocenters. The number of benzene rings is 1. The molecule has 0 bridgehead atoms. The molecule has 0 aliphatic heterocycles. The van der Waals surface area contributed by atoms with Gasteiger partial charge < -0.3 is 10.1 Å². The summed E-state index contributed by atoms with van der Waals surface area (Å²) in [6, 6.07) is 12.9. The molecule has 1 amide bonds. The summed E-state index contributed by atoms with van der Waals surface area (Å²) in [6.07, 6.45) is 1.05. The minimum Gasteiger partial charge on any atom is -0.481 e. The Morgan fingerprint density at radius 2 is 2.11 bits per heavy atom. The maximum absolute atomic E-state index is 11.9. The summed E-state index contributed by atoms with van der Waals surface area (Å²) >= 11 is 0. The molecule has 4 heteroatoms. The maximum Gasteiger partial charge on any atom is 0.266 e. The van der Waals surface area contributed by atoms with Gasteiger partial charge >= 0.3 is 0 Å². The first-order chi connectivity index (χ1) is 9.15. The number of amides is 1. The number of carbonyl (C=O) groups is 1. The number of carbonyl (C=O) groups excluding carboxylic acids is 1. The average molecular weight is 256 g/mol. The second kappa shape index (κ2) is 6.00. The van der Waals surface area contributed by atoms with Gasteiger partial charge in [0.2, 0.25) is 0 Å².